The molecule has 0 saturated carbocycles. The SMILES string of the molecule is CCN=C1S/C(=C/c2ccc(-c3ccccc3[N+](=O)[O-])o2)C(=O)N1CC. The first kappa shape index (κ1) is 17.9. The summed E-state index contributed by atoms with van der Waals surface area (Å²) in [7, 11) is 0. The van der Waals surface area contributed by atoms with E-state index in [1.54, 1.807) is 41.3 Å². The van der Waals surface area contributed by atoms with Crippen molar-refractivity contribution in [3.8, 4) is 11.3 Å². The van der Waals surface area contributed by atoms with Crippen LogP contribution in [0.5, 0.6) is 0 Å². The first-order chi connectivity index (χ1) is 12.5. The fourth-order valence-electron chi connectivity index (χ4n) is 2.59. The third-order valence-corrected chi connectivity index (χ3v) is 4.81. The summed E-state index contributed by atoms with van der Waals surface area (Å²) in [5.41, 5.74) is 0.373. The number of amides is 1. The van der Waals surface area contributed by atoms with Crippen LogP contribution in [0, 0.1) is 10.1 Å². The molecule has 1 fully saturated rings. The smallest absolute Gasteiger partial charge is 0.280 e. The number of para-hydroxylation sites is 1. The minimum atomic E-state index is -0.445. The minimum absolute atomic E-state index is 0.0260. The van der Waals surface area contributed by atoms with Crippen molar-refractivity contribution in [2.75, 3.05) is 13.1 Å². The van der Waals surface area contributed by atoms with Gasteiger partial charge in [0.1, 0.15) is 11.5 Å². The summed E-state index contributed by atoms with van der Waals surface area (Å²) in [6.07, 6.45) is 1.64. The van der Waals surface area contributed by atoms with Crippen LogP contribution in [0.4, 0.5) is 5.69 Å². The lowest BCUT2D eigenvalue weighted by atomic mass is 10.1. The molecule has 0 unspecified atom stereocenters. The highest BCUT2D eigenvalue weighted by molar-refractivity contribution is 8.18. The van der Waals surface area contributed by atoms with Gasteiger partial charge in [0.2, 0.25) is 0 Å². The third-order valence-electron chi connectivity index (χ3n) is 3.76. The number of benzene rings is 1. The van der Waals surface area contributed by atoms with Crippen LogP contribution in [0.2, 0.25) is 0 Å². The topological polar surface area (TPSA) is 89.0 Å². The molecule has 0 N–H and O–H groups in total. The Labute approximate surface area is 154 Å². The van der Waals surface area contributed by atoms with Gasteiger partial charge < -0.3 is 4.42 Å². The van der Waals surface area contributed by atoms with Crippen molar-refractivity contribution in [1.82, 2.24) is 4.90 Å². The number of aliphatic imine (C=N–C) groups is 1. The molecule has 2 aromatic rings. The number of hydrogen-bond donors (Lipinski definition) is 0. The molecule has 0 aliphatic carbocycles. The molecule has 3 rings (SSSR count). The molecule has 1 aromatic carbocycles. The van der Waals surface area contributed by atoms with Crippen LogP contribution in [0.15, 0.2) is 50.7 Å². The number of furan rings is 1. The van der Waals surface area contributed by atoms with Crippen molar-refractivity contribution in [3.05, 3.63) is 57.2 Å². The average molecular weight is 371 g/mol. The summed E-state index contributed by atoms with van der Waals surface area (Å²) < 4.78 is 5.73. The van der Waals surface area contributed by atoms with E-state index in [-0.39, 0.29) is 11.6 Å². The number of rotatable bonds is 5. The largest absolute Gasteiger partial charge is 0.456 e. The van der Waals surface area contributed by atoms with Gasteiger partial charge in [0.15, 0.2) is 5.17 Å². The highest BCUT2D eigenvalue weighted by Gasteiger charge is 2.32. The molecule has 0 bridgehead atoms. The minimum Gasteiger partial charge on any atom is -0.456 e. The van der Waals surface area contributed by atoms with E-state index in [0.29, 0.717) is 40.2 Å². The Balaban J connectivity index is 1.92. The lowest BCUT2D eigenvalue weighted by Gasteiger charge is -2.11. The summed E-state index contributed by atoms with van der Waals surface area (Å²) in [6.45, 7) is 4.95. The van der Waals surface area contributed by atoms with Gasteiger partial charge in [-0.2, -0.15) is 0 Å². The zero-order valence-electron chi connectivity index (χ0n) is 14.3. The lowest BCUT2D eigenvalue weighted by Crippen LogP contribution is -2.28. The number of nitrogens with zero attached hydrogens (tertiary/aromatic N) is 3. The van der Waals surface area contributed by atoms with Gasteiger partial charge in [-0.3, -0.25) is 24.8 Å². The van der Waals surface area contributed by atoms with E-state index < -0.39 is 4.92 Å². The van der Waals surface area contributed by atoms with Gasteiger partial charge in [0.25, 0.3) is 11.6 Å². The fraction of sp³-hybridized carbons (Fsp3) is 0.222. The first-order valence-electron chi connectivity index (χ1n) is 8.14. The van der Waals surface area contributed by atoms with E-state index in [2.05, 4.69) is 4.99 Å². The molecule has 0 radical (unpaired) electrons. The molecule has 2 heterocycles. The van der Waals surface area contributed by atoms with Crippen molar-refractivity contribution >= 4 is 34.6 Å². The van der Waals surface area contributed by atoms with Crippen molar-refractivity contribution in [2.45, 2.75) is 13.8 Å². The highest BCUT2D eigenvalue weighted by atomic mass is 32.2. The van der Waals surface area contributed by atoms with Gasteiger partial charge in [-0.25, -0.2) is 0 Å². The number of carbonyl (C=O) groups is 1. The van der Waals surface area contributed by atoms with E-state index in [4.69, 9.17) is 4.42 Å². The van der Waals surface area contributed by atoms with E-state index in [1.165, 1.54) is 17.8 Å². The van der Waals surface area contributed by atoms with Crippen LogP contribution >= 0.6 is 11.8 Å². The zero-order chi connectivity index (χ0) is 18.7. The summed E-state index contributed by atoms with van der Waals surface area (Å²) >= 11 is 1.30. The Hall–Kier alpha value is -2.87. The van der Waals surface area contributed by atoms with Crippen molar-refractivity contribution in [2.24, 2.45) is 4.99 Å². The Morgan fingerprint density at radius 2 is 2.04 bits per heavy atom. The quantitative estimate of drug-likeness (QED) is 0.447. The molecule has 1 saturated heterocycles. The second-order valence-corrected chi connectivity index (χ2v) is 6.40. The first-order valence-corrected chi connectivity index (χ1v) is 8.96. The standard InChI is InChI=1S/C18H17N3O4S/c1-3-19-18-20(4-2)17(22)16(26-18)11-12-9-10-15(25-12)13-7-5-6-8-14(13)21(23)24/h5-11H,3-4H2,1-2H3/b16-11+,19-18?. The van der Waals surface area contributed by atoms with Crippen molar-refractivity contribution in [3.63, 3.8) is 0 Å². The second-order valence-electron chi connectivity index (χ2n) is 5.39. The molecule has 8 heteroatoms. The lowest BCUT2D eigenvalue weighted by molar-refractivity contribution is -0.384. The molecule has 0 spiro atoms. The number of nitro benzene ring substituents is 1. The monoisotopic (exact) mass is 371 g/mol. The molecule has 1 aliphatic heterocycles. The second kappa shape index (κ2) is 7.57. The van der Waals surface area contributed by atoms with E-state index >= 15 is 0 Å². The molecular formula is C18H17N3O4S. The van der Waals surface area contributed by atoms with Gasteiger partial charge in [-0.15, -0.1) is 0 Å². The molecule has 1 aromatic heterocycles. The van der Waals surface area contributed by atoms with Crippen LogP contribution < -0.4 is 0 Å². The molecule has 0 atom stereocenters. The van der Waals surface area contributed by atoms with Crippen LogP contribution in [-0.2, 0) is 4.79 Å². The predicted molar refractivity (Wildman–Crippen MR) is 102 cm³/mol. The molecule has 1 aliphatic rings. The van der Waals surface area contributed by atoms with Crippen LogP contribution in [0.3, 0.4) is 0 Å². The molecular weight excluding hydrogens is 354 g/mol. The number of likely N-dealkylation sites (N-methyl/N-ethyl adjacent to an activating group) is 1. The van der Waals surface area contributed by atoms with Crippen LogP contribution in [0.1, 0.15) is 19.6 Å². The summed E-state index contributed by atoms with van der Waals surface area (Å²) in [6, 6.07) is 9.74. The molecule has 26 heavy (non-hydrogen) atoms. The van der Waals surface area contributed by atoms with E-state index in [9.17, 15) is 14.9 Å². The number of nitro groups is 1. The van der Waals surface area contributed by atoms with Crippen LogP contribution in [0.25, 0.3) is 17.4 Å². The maximum atomic E-state index is 12.5. The average Bonchev–Trinajstić information content (AvgIpc) is 3.21. The van der Waals surface area contributed by atoms with Crippen molar-refractivity contribution < 1.29 is 14.1 Å². The van der Waals surface area contributed by atoms with Crippen LogP contribution in [-0.4, -0.2) is 34.0 Å². The van der Waals surface area contributed by atoms with Crippen molar-refractivity contribution in [1.29, 1.82) is 0 Å². The Bertz CT molecular complexity index is 917. The van der Waals surface area contributed by atoms with Gasteiger partial charge in [0.05, 0.1) is 15.4 Å². The predicted octanol–water partition coefficient (Wildman–Crippen LogP) is 4.17. The molecule has 134 valence electrons. The zero-order valence-corrected chi connectivity index (χ0v) is 15.2. The van der Waals surface area contributed by atoms with Gasteiger partial charge in [0, 0.05) is 25.2 Å². The number of carbonyl (C=O) groups excluding carboxylic acids is 1. The maximum absolute atomic E-state index is 12.5. The maximum Gasteiger partial charge on any atom is 0.280 e. The summed E-state index contributed by atoms with van der Waals surface area (Å²) in [5.74, 6) is 0.727. The van der Waals surface area contributed by atoms with Gasteiger partial charge in [-0.05, 0) is 43.8 Å². The Morgan fingerprint density at radius 3 is 2.73 bits per heavy atom. The Kier molecular flexibility index (Phi) is 5.22. The number of thioether (sulfide) groups is 1. The number of hydrogen-bond acceptors (Lipinski definition) is 6. The summed E-state index contributed by atoms with van der Waals surface area (Å²) in [5, 5.41) is 11.9. The highest BCUT2D eigenvalue weighted by Crippen LogP contribution is 2.35. The van der Waals surface area contributed by atoms with E-state index in [0.717, 1.165) is 0 Å². The summed E-state index contributed by atoms with van der Waals surface area (Å²) in [4.78, 5) is 29.7. The molecule has 1 amide bonds. The van der Waals surface area contributed by atoms with Gasteiger partial charge in [-0.1, -0.05) is 12.1 Å². The number of amidine groups is 1. The fourth-order valence-corrected chi connectivity index (χ4v) is 3.67. The molecule has 7 nitrogen and oxygen atoms in total. The normalized spacial score (nSPS) is 17.5. The Morgan fingerprint density at radius 1 is 1.27 bits per heavy atom. The third kappa shape index (κ3) is 3.41. The van der Waals surface area contributed by atoms with Gasteiger partial charge >= 0.3 is 0 Å². The van der Waals surface area contributed by atoms with E-state index in [1.807, 2.05) is 13.8 Å².